The van der Waals surface area contributed by atoms with Gasteiger partial charge in [-0.1, -0.05) is 19.4 Å². The molecule has 1 saturated carbocycles. The largest absolute Gasteiger partial charge is 0.481 e. The third-order valence-electron chi connectivity index (χ3n) is 6.19. The molecule has 5 nitrogen and oxygen atoms in total. The Balaban J connectivity index is 1.90. The molecular formula is C23H25F2NO4. The number of ketones is 1. The number of pyridine rings is 1. The van der Waals surface area contributed by atoms with E-state index in [1.54, 1.807) is 0 Å². The number of aliphatic carboxylic acids is 1. The minimum atomic E-state index is -1.08. The van der Waals surface area contributed by atoms with Crippen molar-refractivity contribution >= 4 is 11.8 Å². The van der Waals surface area contributed by atoms with Gasteiger partial charge >= 0.3 is 5.97 Å². The maximum Gasteiger partial charge on any atom is 0.310 e. The van der Waals surface area contributed by atoms with Gasteiger partial charge in [0.1, 0.15) is 0 Å². The summed E-state index contributed by atoms with van der Waals surface area (Å²) in [6.07, 6.45) is 4.72. The first-order valence-electron chi connectivity index (χ1n) is 10.1. The standard InChI is InChI=1S/C23H25F2NO4/c1-3-14-6-8-23(9-7-14,22(28)29)12-20(27)16-10-17(21(30-2)26-13-16)15-4-5-18(24)19(25)11-15/h4-5,10-11,13-14H,3,6-9,12H2,1-2H3,(H,28,29). The van der Waals surface area contributed by atoms with Gasteiger partial charge in [-0.3, -0.25) is 9.59 Å². The van der Waals surface area contributed by atoms with E-state index in [-0.39, 0.29) is 23.6 Å². The lowest BCUT2D eigenvalue weighted by Crippen LogP contribution is -2.37. The van der Waals surface area contributed by atoms with E-state index in [0.717, 1.165) is 31.4 Å². The van der Waals surface area contributed by atoms with E-state index < -0.39 is 23.0 Å². The number of halogens is 2. The maximum atomic E-state index is 13.7. The molecule has 1 aliphatic rings. The van der Waals surface area contributed by atoms with Crippen molar-refractivity contribution in [3.8, 4) is 17.0 Å². The Kier molecular flexibility index (Phi) is 6.48. The van der Waals surface area contributed by atoms with Crippen molar-refractivity contribution in [3.63, 3.8) is 0 Å². The van der Waals surface area contributed by atoms with E-state index in [1.807, 2.05) is 0 Å². The molecule has 1 aromatic carbocycles. The predicted octanol–water partition coefficient (Wildman–Crippen LogP) is 5.28. The Morgan fingerprint density at radius 2 is 1.90 bits per heavy atom. The van der Waals surface area contributed by atoms with E-state index in [4.69, 9.17) is 4.74 Å². The highest BCUT2D eigenvalue weighted by Crippen LogP contribution is 2.43. The number of ether oxygens (including phenoxy) is 1. The molecule has 0 saturated heterocycles. The van der Waals surface area contributed by atoms with Gasteiger partial charge in [-0.15, -0.1) is 0 Å². The first-order chi connectivity index (χ1) is 14.3. The smallest absolute Gasteiger partial charge is 0.310 e. The summed E-state index contributed by atoms with van der Waals surface area (Å²) in [6, 6.07) is 4.86. The average Bonchev–Trinajstić information content (AvgIpc) is 2.75. The molecule has 0 atom stereocenters. The number of aromatic nitrogens is 1. The summed E-state index contributed by atoms with van der Waals surface area (Å²) in [4.78, 5) is 29.2. The summed E-state index contributed by atoms with van der Waals surface area (Å²) in [5, 5.41) is 9.85. The fraction of sp³-hybridized carbons (Fsp3) is 0.435. The van der Waals surface area contributed by atoms with Gasteiger partial charge in [0, 0.05) is 23.7 Å². The highest BCUT2D eigenvalue weighted by atomic mass is 19.2. The summed E-state index contributed by atoms with van der Waals surface area (Å²) in [5.74, 6) is -2.64. The molecular weight excluding hydrogens is 392 g/mol. The van der Waals surface area contributed by atoms with Gasteiger partial charge in [-0.05, 0) is 55.4 Å². The van der Waals surface area contributed by atoms with Crippen LogP contribution in [0.4, 0.5) is 8.78 Å². The Morgan fingerprint density at radius 3 is 2.47 bits per heavy atom. The Hall–Kier alpha value is -2.83. The number of benzene rings is 1. The van der Waals surface area contributed by atoms with Gasteiger partial charge in [-0.25, -0.2) is 13.8 Å². The first-order valence-corrected chi connectivity index (χ1v) is 10.1. The summed E-state index contributed by atoms with van der Waals surface area (Å²) in [5.41, 5.74) is -0.218. The topological polar surface area (TPSA) is 76.5 Å². The maximum absolute atomic E-state index is 13.7. The lowest BCUT2D eigenvalue weighted by Gasteiger charge is -2.36. The van der Waals surface area contributed by atoms with Gasteiger partial charge in [0.2, 0.25) is 5.88 Å². The van der Waals surface area contributed by atoms with Crippen LogP contribution >= 0.6 is 0 Å². The van der Waals surface area contributed by atoms with Crippen LogP contribution in [0.1, 0.15) is 55.8 Å². The normalized spacial score (nSPS) is 21.3. The SMILES string of the molecule is CCC1CCC(CC(=O)c2cnc(OC)c(-c3ccc(F)c(F)c3)c2)(C(=O)O)CC1. The van der Waals surface area contributed by atoms with Crippen LogP contribution in [0.5, 0.6) is 5.88 Å². The van der Waals surface area contributed by atoms with Crippen LogP contribution in [0.3, 0.4) is 0 Å². The minimum Gasteiger partial charge on any atom is -0.481 e. The number of nitrogens with zero attached hydrogens (tertiary/aromatic N) is 1. The molecule has 0 unspecified atom stereocenters. The molecule has 1 N–H and O–H groups in total. The molecule has 1 fully saturated rings. The summed E-state index contributed by atoms with van der Waals surface area (Å²) >= 11 is 0. The molecule has 1 aromatic heterocycles. The van der Waals surface area contributed by atoms with Crippen molar-refractivity contribution in [3.05, 3.63) is 47.7 Å². The molecule has 0 amide bonds. The zero-order chi connectivity index (χ0) is 21.9. The fourth-order valence-electron chi connectivity index (χ4n) is 4.15. The third kappa shape index (κ3) is 4.35. The molecule has 0 aliphatic heterocycles. The van der Waals surface area contributed by atoms with E-state index in [9.17, 15) is 23.5 Å². The lowest BCUT2D eigenvalue weighted by molar-refractivity contribution is -0.151. The van der Waals surface area contributed by atoms with Crippen molar-refractivity contribution in [2.75, 3.05) is 7.11 Å². The minimum absolute atomic E-state index is 0.121. The van der Waals surface area contributed by atoms with Crippen LogP contribution in [0.2, 0.25) is 0 Å². The predicted molar refractivity (Wildman–Crippen MR) is 107 cm³/mol. The van der Waals surface area contributed by atoms with Gasteiger partial charge in [0.15, 0.2) is 17.4 Å². The van der Waals surface area contributed by atoms with Crippen molar-refractivity contribution in [1.29, 1.82) is 0 Å². The second kappa shape index (κ2) is 8.90. The summed E-state index contributed by atoms with van der Waals surface area (Å²) < 4.78 is 32.2. The Bertz CT molecular complexity index is 952. The van der Waals surface area contributed by atoms with Crippen LogP contribution in [-0.4, -0.2) is 29.0 Å². The Labute approximate surface area is 174 Å². The van der Waals surface area contributed by atoms with E-state index in [1.165, 1.54) is 25.4 Å². The number of rotatable bonds is 7. The molecule has 3 rings (SSSR count). The molecule has 0 radical (unpaired) electrons. The molecule has 1 aliphatic carbocycles. The van der Waals surface area contributed by atoms with Crippen LogP contribution in [0, 0.1) is 23.0 Å². The van der Waals surface area contributed by atoms with Gasteiger partial charge in [0.25, 0.3) is 0 Å². The molecule has 0 bridgehead atoms. The van der Waals surface area contributed by atoms with E-state index >= 15 is 0 Å². The molecule has 1 heterocycles. The van der Waals surface area contributed by atoms with Gasteiger partial charge in [0.05, 0.1) is 12.5 Å². The molecule has 30 heavy (non-hydrogen) atoms. The van der Waals surface area contributed by atoms with E-state index in [2.05, 4.69) is 11.9 Å². The number of hydrogen-bond donors (Lipinski definition) is 1. The fourth-order valence-corrected chi connectivity index (χ4v) is 4.15. The van der Waals surface area contributed by atoms with Crippen LogP contribution < -0.4 is 4.74 Å². The van der Waals surface area contributed by atoms with Crippen molar-refractivity contribution in [2.24, 2.45) is 11.3 Å². The second-order valence-corrected chi connectivity index (χ2v) is 7.95. The number of carbonyl (C=O) groups is 2. The van der Waals surface area contributed by atoms with Crippen LogP contribution in [-0.2, 0) is 4.79 Å². The van der Waals surface area contributed by atoms with Crippen molar-refractivity contribution < 1.29 is 28.2 Å². The van der Waals surface area contributed by atoms with Crippen LogP contribution in [0.25, 0.3) is 11.1 Å². The molecule has 160 valence electrons. The highest BCUT2D eigenvalue weighted by Gasteiger charge is 2.43. The molecule has 2 aromatic rings. The Morgan fingerprint density at radius 1 is 1.20 bits per heavy atom. The molecule has 7 heteroatoms. The summed E-state index contributed by atoms with van der Waals surface area (Å²) in [7, 11) is 1.39. The number of Topliss-reactive ketones (excluding diaryl/α,β-unsaturated/α-hetero) is 1. The van der Waals surface area contributed by atoms with E-state index in [0.29, 0.717) is 29.9 Å². The lowest BCUT2D eigenvalue weighted by atomic mass is 9.67. The average molecular weight is 417 g/mol. The van der Waals surface area contributed by atoms with Gasteiger partial charge < -0.3 is 9.84 Å². The quantitative estimate of drug-likeness (QED) is 0.621. The number of hydrogen-bond acceptors (Lipinski definition) is 4. The van der Waals surface area contributed by atoms with Crippen molar-refractivity contribution in [2.45, 2.75) is 45.4 Å². The number of carbonyl (C=O) groups excluding carboxylic acids is 1. The second-order valence-electron chi connectivity index (χ2n) is 7.95. The zero-order valence-electron chi connectivity index (χ0n) is 17.1. The highest BCUT2D eigenvalue weighted by molar-refractivity contribution is 5.99. The molecule has 0 spiro atoms. The number of methoxy groups -OCH3 is 1. The van der Waals surface area contributed by atoms with Crippen LogP contribution in [0.15, 0.2) is 30.5 Å². The first kappa shape index (κ1) is 21.9. The number of carboxylic acid groups (broad SMARTS) is 1. The van der Waals surface area contributed by atoms with Gasteiger partial charge in [-0.2, -0.15) is 0 Å². The third-order valence-corrected chi connectivity index (χ3v) is 6.19. The monoisotopic (exact) mass is 417 g/mol. The number of carboxylic acids is 1. The zero-order valence-corrected chi connectivity index (χ0v) is 17.1. The summed E-state index contributed by atoms with van der Waals surface area (Å²) in [6.45, 7) is 2.09. The van der Waals surface area contributed by atoms with Crippen molar-refractivity contribution in [1.82, 2.24) is 4.98 Å².